The SMILES string of the molecule is CCc1nc2c3cnccc3c3cc(-c4ccc5c(c4)CCc4nc(C(C)C)[nH]c4-5)ccc3c2[nH]1. The monoisotopic (exact) mass is 457 g/mol. The van der Waals surface area contributed by atoms with E-state index in [1.54, 1.807) is 0 Å². The van der Waals surface area contributed by atoms with Gasteiger partial charge in [-0.05, 0) is 52.4 Å². The highest BCUT2D eigenvalue weighted by Gasteiger charge is 2.22. The maximum absolute atomic E-state index is 4.87. The van der Waals surface area contributed by atoms with Gasteiger partial charge in [-0.15, -0.1) is 0 Å². The quantitative estimate of drug-likeness (QED) is 0.278. The summed E-state index contributed by atoms with van der Waals surface area (Å²) in [6.45, 7) is 6.51. The lowest BCUT2D eigenvalue weighted by molar-refractivity contribution is 0.787. The highest BCUT2D eigenvalue weighted by atomic mass is 14.9. The van der Waals surface area contributed by atoms with E-state index in [2.05, 4.69) is 78.2 Å². The predicted molar refractivity (Wildman–Crippen MR) is 143 cm³/mol. The van der Waals surface area contributed by atoms with Crippen molar-refractivity contribution in [2.24, 2.45) is 0 Å². The third kappa shape index (κ3) is 3.04. The van der Waals surface area contributed by atoms with Crippen LogP contribution in [0.2, 0.25) is 0 Å². The molecule has 0 fully saturated rings. The maximum atomic E-state index is 4.87. The molecule has 0 spiro atoms. The smallest absolute Gasteiger partial charge is 0.109 e. The molecule has 2 N–H and O–H groups in total. The summed E-state index contributed by atoms with van der Waals surface area (Å²) in [5.41, 5.74) is 9.67. The van der Waals surface area contributed by atoms with Crippen LogP contribution in [0.4, 0.5) is 0 Å². The molecule has 0 aliphatic heterocycles. The second-order valence-corrected chi connectivity index (χ2v) is 9.91. The molecule has 5 nitrogen and oxygen atoms in total. The molecule has 7 rings (SSSR count). The highest BCUT2D eigenvalue weighted by Crippen LogP contribution is 2.38. The minimum atomic E-state index is 0.403. The van der Waals surface area contributed by atoms with E-state index in [-0.39, 0.29) is 0 Å². The summed E-state index contributed by atoms with van der Waals surface area (Å²) in [6.07, 6.45) is 6.70. The van der Waals surface area contributed by atoms with E-state index in [0.29, 0.717) is 5.92 Å². The van der Waals surface area contributed by atoms with Gasteiger partial charge in [0.25, 0.3) is 0 Å². The fraction of sp³-hybridized carbons (Fsp3) is 0.233. The molecular formula is C30H27N5. The van der Waals surface area contributed by atoms with Crippen LogP contribution in [0.1, 0.15) is 49.6 Å². The number of imidazole rings is 2. The molecule has 0 unspecified atom stereocenters. The molecule has 1 aliphatic rings. The zero-order valence-electron chi connectivity index (χ0n) is 20.2. The molecular weight excluding hydrogens is 430 g/mol. The molecule has 0 saturated heterocycles. The normalized spacial score (nSPS) is 13.1. The van der Waals surface area contributed by atoms with E-state index >= 15 is 0 Å². The first-order valence-electron chi connectivity index (χ1n) is 12.5. The Labute approximate surface area is 203 Å². The number of pyridine rings is 1. The van der Waals surface area contributed by atoms with Crippen LogP contribution >= 0.6 is 0 Å². The van der Waals surface area contributed by atoms with Crippen molar-refractivity contribution in [3.63, 3.8) is 0 Å². The van der Waals surface area contributed by atoms with E-state index in [4.69, 9.17) is 9.97 Å². The van der Waals surface area contributed by atoms with Gasteiger partial charge in [0.05, 0.1) is 22.4 Å². The second-order valence-electron chi connectivity index (χ2n) is 9.91. The number of aryl methyl sites for hydroxylation is 3. The predicted octanol–water partition coefficient (Wildman–Crippen LogP) is 7.11. The molecule has 5 heteroatoms. The average Bonchev–Trinajstić information content (AvgIpc) is 3.53. The number of aromatic amines is 2. The number of hydrogen-bond acceptors (Lipinski definition) is 3. The van der Waals surface area contributed by atoms with Crippen molar-refractivity contribution >= 4 is 32.6 Å². The van der Waals surface area contributed by atoms with Crippen molar-refractivity contribution in [2.45, 2.75) is 46.0 Å². The van der Waals surface area contributed by atoms with Gasteiger partial charge in [-0.1, -0.05) is 51.1 Å². The number of rotatable bonds is 3. The van der Waals surface area contributed by atoms with Crippen LogP contribution in [0.25, 0.3) is 55.0 Å². The molecule has 1 aliphatic carbocycles. The standard InChI is InChI=1S/C30H27N5/c1-4-26-33-28-22-9-6-18(14-23(22)21-11-12-31-15-24(21)29(28)34-26)17-5-8-20-19(13-17)7-10-25-27(20)35-30(32-25)16(2)3/h5-6,8-9,11-16H,4,7,10H2,1-3H3,(H,32,35)(H,33,34). The fourth-order valence-electron chi connectivity index (χ4n) is 5.55. The first-order valence-corrected chi connectivity index (χ1v) is 12.5. The number of nitrogens with one attached hydrogen (secondary N) is 2. The lowest BCUT2D eigenvalue weighted by atomic mass is 9.89. The van der Waals surface area contributed by atoms with Crippen LogP contribution in [0.15, 0.2) is 54.9 Å². The van der Waals surface area contributed by atoms with Crippen LogP contribution in [-0.4, -0.2) is 24.9 Å². The van der Waals surface area contributed by atoms with Crippen molar-refractivity contribution in [3.8, 4) is 22.4 Å². The Morgan fingerprint density at radius 3 is 2.57 bits per heavy atom. The summed E-state index contributed by atoms with van der Waals surface area (Å²) in [5, 5.41) is 4.73. The van der Waals surface area contributed by atoms with Gasteiger partial charge in [0.2, 0.25) is 0 Å². The molecule has 6 aromatic rings. The van der Waals surface area contributed by atoms with Crippen LogP contribution < -0.4 is 0 Å². The molecule has 35 heavy (non-hydrogen) atoms. The van der Waals surface area contributed by atoms with E-state index in [9.17, 15) is 0 Å². The van der Waals surface area contributed by atoms with E-state index in [1.165, 1.54) is 49.8 Å². The molecule has 172 valence electrons. The van der Waals surface area contributed by atoms with Gasteiger partial charge >= 0.3 is 0 Å². The van der Waals surface area contributed by atoms with Gasteiger partial charge < -0.3 is 9.97 Å². The number of nitrogens with zero attached hydrogens (tertiary/aromatic N) is 3. The molecule has 0 saturated carbocycles. The summed E-state index contributed by atoms with van der Waals surface area (Å²) >= 11 is 0. The number of hydrogen-bond donors (Lipinski definition) is 2. The summed E-state index contributed by atoms with van der Waals surface area (Å²) < 4.78 is 0. The Morgan fingerprint density at radius 2 is 1.71 bits per heavy atom. The Hall–Kier alpha value is -3.99. The summed E-state index contributed by atoms with van der Waals surface area (Å²) in [7, 11) is 0. The van der Waals surface area contributed by atoms with Gasteiger partial charge in [0, 0.05) is 41.1 Å². The van der Waals surface area contributed by atoms with Gasteiger partial charge in [-0.2, -0.15) is 0 Å². The molecule has 3 aromatic carbocycles. The molecule has 0 bridgehead atoms. The topological polar surface area (TPSA) is 70.2 Å². The summed E-state index contributed by atoms with van der Waals surface area (Å²) in [5.74, 6) is 2.50. The van der Waals surface area contributed by atoms with Crippen LogP contribution in [0.3, 0.4) is 0 Å². The van der Waals surface area contributed by atoms with Crippen LogP contribution in [-0.2, 0) is 19.3 Å². The average molecular weight is 458 g/mol. The molecule has 0 atom stereocenters. The van der Waals surface area contributed by atoms with E-state index in [1.807, 2.05) is 12.4 Å². The Kier molecular flexibility index (Phi) is 4.37. The minimum absolute atomic E-state index is 0.403. The lowest BCUT2D eigenvalue weighted by Gasteiger charge is -2.17. The van der Waals surface area contributed by atoms with Crippen molar-refractivity contribution in [3.05, 3.63) is 77.8 Å². The summed E-state index contributed by atoms with van der Waals surface area (Å²) in [4.78, 5) is 21.3. The first-order chi connectivity index (χ1) is 17.1. The fourth-order valence-corrected chi connectivity index (χ4v) is 5.55. The van der Waals surface area contributed by atoms with Crippen LogP contribution in [0, 0.1) is 0 Å². The number of aromatic nitrogens is 5. The molecule has 3 heterocycles. The lowest BCUT2D eigenvalue weighted by Crippen LogP contribution is -2.03. The molecule has 0 amide bonds. The van der Waals surface area contributed by atoms with Crippen molar-refractivity contribution in [1.82, 2.24) is 24.9 Å². The minimum Gasteiger partial charge on any atom is -0.342 e. The highest BCUT2D eigenvalue weighted by molar-refractivity contribution is 6.23. The molecule has 0 radical (unpaired) electrons. The first kappa shape index (κ1) is 20.4. The zero-order chi connectivity index (χ0) is 23.7. The zero-order valence-corrected chi connectivity index (χ0v) is 20.2. The third-order valence-corrected chi connectivity index (χ3v) is 7.43. The van der Waals surface area contributed by atoms with E-state index in [0.717, 1.165) is 47.3 Å². The Bertz CT molecular complexity index is 1770. The Balaban J connectivity index is 1.40. The van der Waals surface area contributed by atoms with Gasteiger partial charge in [-0.25, -0.2) is 9.97 Å². The molecule has 3 aromatic heterocycles. The third-order valence-electron chi connectivity index (χ3n) is 7.43. The maximum Gasteiger partial charge on any atom is 0.109 e. The van der Waals surface area contributed by atoms with Crippen molar-refractivity contribution in [2.75, 3.05) is 0 Å². The van der Waals surface area contributed by atoms with E-state index < -0.39 is 0 Å². The number of H-pyrrole nitrogens is 2. The number of fused-ring (bicyclic) bond motifs is 9. The summed E-state index contributed by atoms with van der Waals surface area (Å²) in [6, 6.07) is 15.8. The van der Waals surface area contributed by atoms with Crippen LogP contribution in [0.5, 0.6) is 0 Å². The number of benzene rings is 3. The van der Waals surface area contributed by atoms with Gasteiger partial charge in [0.1, 0.15) is 11.6 Å². The van der Waals surface area contributed by atoms with Gasteiger partial charge in [-0.3, -0.25) is 4.98 Å². The van der Waals surface area contributed by atoms with Gasteiger partial charge in [0.15, 0.2) is 0 Å². The largest absolute Gasteiger partial charge is 0.342 e. The van der Waals surface area contributed by atoms with Crippen molar-refractivity contribution in [1.29, 1.82) is 0 Å². The second kappa shape index (κ2) is 7.51. The Morgan fingerprint density at radius 1 is 0.857 bits per heavy atom. The van der Waals surface area contributed by atoms with Crippen molar-refractivity contribution < 1.29 is 0 Å².